The Bertz CT molecular complexity index is 116. The Labute approximate surface area is 66.2 Å². The van der Waals surface area contributed by atoms with Gasteiger partial charge in [0, 0.05) is 6.54 Å². The number of aliphatic hydroxyl groups excluding tert-OH is 1. The lowest BCUT2D eigenvalue weighted by Crippen LogP contribution is -2.33. The van der Waals surface area contributed by atoms with Gasteiger partial charge in [-0.05, 0) is 13.0 Å². The fourth-order valence-corrected chi connectivity index (χ4v) is 0.628. The van der Waals surface area contributed by atoms with Gasteiger partial charge in [-0.25, -0.2) is 4.79 Å². The lowest BCUT2D eigenvalue weighted by Gasteiger charge is -2.05. The van der Waals surface area contributed by atoms with Gasteiger partial charge in [0.25, 0.3) is 0 Å². The molecule has 4 nitrogen and oxygen atoms in total. The van der Waals surface area contributed by atoms with Gasteiger partial charge in [-0.15, -0.1) is 0 Å². The van der Waals surface area contributed by atoms with E-state index in [0.717, 1.165) is 19.4 Å². The molecular formula is C7H15NO3. The maximum atomic E-state index is 10.1. The highest BCUT2D eigenvalue weighted by Crippen LogP contribution is 1.84. The molecule has 0 aromatic heterocycles. The zero-order chi connectivity index (χ0) is 8.69. The summed E-state index contributed by atoms with van der Waals surface area (Å²) in [5.41, 5.74) is 0. The van der Waals surface area contributed by atoms with E-state index in [1.807, 2.05) is 0 Å². The van der Waals surface area contributed by atoms with Crippen molar-refractivity contribution in [2.45, 2.75) is 25.9 Å². The molecule has 0 saturated carbocycles. The van der Waals surface area contributed by atoms with Crippen LogP contribution in [-0.4, -0.2) is 35.4 Å². The van der Waals surface area contributed by atoms with E-state index < -0.39 is 12.1 Å². The van der Waals surface area contributed by atoms with E-state index in [0.29, 0.717) is 0 Å². The summed E-state index contributed by atoms with van der Waals surface area (Å²) in [5, 5.41) is 19.8. The van der Waals surface area contributed by atoms with Crippen LogP contribution in [0.5, 0.6) is 0 Å². The largest absolute Gasteiger partial charge is 0.479 e. The van der Waals surface area contributed by atoms with Crippen molar-refractivity contribution in [1.82, 2.24) is 5.32 Å². The molecule has 0 aromatic rings. The van der Waals surface area contributed by atoms with Crippen molar-refractivity contribution in [1.29, 1.82) is 0 Å². The first kappa shape index (κ1) is 10.4. The van der Waals surface area contributed by atoms with Gasteiger partial charge in [-0.1, -0.05) is 13.3 Å². The molecule has 1 atom stereocenters. The van der Waals surface area contributed by atoms with Crippen LogP contribution < -0.4 is 5.32 Å². The highest BCUT2D eigenvalue weighted by molar-refractivity contribution is 5.72. The van der Waals surface area contributed by atoms with Crippen LogP contribution in [0, 0.1) is 0 Å². The van der Waals surface area contributed by atoms with Crippen LogP contribution in [0.4, 0.5) is 0 Å². The SMILES string of the molecule is CCCCNCC(O)C(=O)O. The Morgan fingerprint density at radius 3 is 2.73 bits per heavy atom. The van der Waals surface area contributed by atoms with E-state index in [2.05, 4.69) is 12.2 Å². The smallest absolute Gasteiger partial charge is 0.333 e. The lowest BCUT2D eigenvalue weighted by atomic mass is 10.3. The maximum absolute atomic E-state index is 10.1. The first-order valence-corrected chi connectivity index (χ1v) is 3.80. The highest BCUT2D eigenvalue weighted by Gasteiger charge is 2.10. The van der Waals surface area contributed by atoms with Crippen LogP contribution >= 0.6 is 0 Å². The number of rotatable bonds is 6. The van der Waals surface area contributed by atoms with Crippen molar-refractivity contribution in [2.75, 3.05) is 13.1 Å². The number of aliphatic hydroxyl groups is 1. The summed E-state index contributed by atoms with van der Waals surface area (Å²) >= 11 is 0. The summed E-state index contributed by atoms with van der Waals surface area (Å²) in [6.07, 6.45) is 0.801. The molecule has 0 heterocycles. The first-order valence-electron chi connectivity index (χ1n) is 3.80. The standard InChI is InChI=1S/C7H15NO3/c1-2-3-4-8-5-6(9)7(10)11/h6,8-9H,2-5H2,1H3,(H,10,11). The van der Waals surface area contributed by atoms with Crippen LogP contribution in [0.2, 0.25) is 0 Å². The maximum Gasteiger partial charge on any atom is 0.333 e. The Morgan fingerprint density at radius 2 is 2.27 bits per heavy atom. The molecule has 0 aromatic carbocycles. The minimum absolute atomic E-state index is 0.134. The Kier molecular flexibility index (Phi) is 5.78. The van der Waals surface area contributed by atoms with Crippen molar-refractivity contribution < 1.29 is 15.0 Å². The fraction of sp³-hybridized carbons (Fsp3) is 0.857. The van der Waals surface area contributed by atoms with Gasteiger partial charge >= 0.3 is 5.97 Å². The van der Waals surface area contributed by atoms with Crippen LogP contribution in [0.15, 0.2) is 0 Å². The van der Waals surface area contributed by atoms with Gasteiger partial charge in [0.2, 0.25) is 0 Å². The normalized spacial score (nSPS) is 12.9. The molecule has 0 rings (SSSR count). The zero-order valence-electron chi connectivity index (χ0n) is 6.71. The van der Waals surface area contributed by atoms with Crippen LogP contribution in [-0.2, 0) is 4.79 Å². The summed E-state index contributed by atoms with van der Waals surface area (Å²) in [6.45, 7) is 2.95. The van der Waals surface area contributed by atoms with Gasteiger partial charge < -0.3 is 15.5 Å². The predicted octanol–water partition coefficient (Wildman–Crippen LogP) is -0.178. The third kappa shape index (κ3) is 5.82. The van der Waals surface area contributed by atoms with Crippen molar-refractivity contribution in [2.24, 2.45) is 0 Å². The van der Waals surface area contributed by atoms with Gasteiger partial charge in [-0.2, -0.15) is 0 Å². The molecule has 0 saturated heterocycles. The lowest BCUT2D eigenvalue weighted by molar-refractivity contribution is -0.146. The Hall–Kier alpha value is -0.610. The van der Waals surface area contributed by atoms with E-state index >= 15 is 0 Å². The van der Waals surface area contributed by atoms with Crippen molar-refractivity contribution in [3.8, 4) is 0 Å². The molecule has 1 unspecified atom stereocenters. The van der Waals surface area contributed by atoms with Gasteiger partial charge in [0.15, 0.2) is 6.10 Å². The molecule has 0 amide bonds. The van der Waals surface area contributed by atoms with Crippen molar-refractivity contribution in [3.05, 3.63) is 0 Å². The average Bonchev–Trinajstić information content (AvgIpc) is 1.97. The number of carbonyl (C=O) groups is 1. The zero-order valence-corrected chi connectivity index (χ0v) is 6.71. The molecule has 3 N–H and O–H groups in total. The molecule has 66 valence electrons. The molecular weight excluding hydrogens is 146 g/mol. The summed E-state index contributed by atoms with van der Waals surface area (Å²) in [6, 6.07) is 0. The molecule has 0 aliphatic rings. The number of hydrogen-bond acceptors (Lipinski definition) is 3. The van der Waals surface area contributed by atoms with Gasteiger partial charge in [0.1, 0.15) is 0 Å². The molecule has 0 bridgehead atoms. The molecule has 11 heavy (non-hydrogen) atoms. The Morgan fingerprint density at radius 1 is 1.64 bits per heavy atom. The predicted molar refractivity (Wildman–Crippen MR) is 41.4 cm³/mol. The molecule has 0 aliphatic carbocycles. The average molecular weight is 161 g/mol. The van der Waals surface area contributed by atoms with E-state index in [4.69, 9.17) is 10.2 Å². The van der Waals surface area contributed by atoms with E-state index in [1.165, 1.54) is 0 Å². The monoisotopic (exact) mass is 161 g/mol. The first-order chi connectivity index (χ1) is 5.18. The minimum atomic E-state index is -1.27. The van der Waals surface area contributed by atoms with Crippen molar-refractivity contribution >= 4 is 5.97 Å². The molecule has 0 aliphatic heterocycles. The van der Waals surface area contributed by atoms with Gasteiger partial charge in [0.05, 0.1) is 0 Å². The summed E-state index contributed by atoms with van der Waals surface area (Å²) in [5.74, 6) is -1.17. The van der Waals surface area contributed by atoms with Crippen LogP contribution in [0.1, 0.15) is 19.8 Å². The molecule has 4 heteroatoms. The third-order valence-corrected chi connectivity index (χ3v) is 1.33. The number of carboxylic acids is 1. The molecule has 0 fully saturated rings. The quantitative estimate of drug-likeness (QED) is 0.473. The minimum Gasteiger partial charge on any atom is -0.479 e. The van der Waals surface area contributed by atoms with Gasteiger partial charge in [-0.3, -0.25) is 0 Å². The third-order valence-electron chi connectivity index (χ3n) is 1.33. The number of hydrogen-bond donors (Lipinski definition) is 3. The summed E-state index contributed by atoms with van der Waals surface area (Å²) in [7, 11) is 0. The molecule has 0 radical (unpaired) electrons. The second-order valence-electron chi connectivity index (χ2n) is 2.41. The van der Waals surface area contributed by atoms with E-state index in [1.54, 1.807) is 0 Å². The van der Waals surface area contributed by atoms with E-state index in [-0.39, 0.29) is 6.54 Å². The molecule has 0 spiro atoms. The number of aliphatic carboxylic acids is 1. The van der Waals surface area contributed by atoms with E-state index in [9.17, 15) is 4.79 Å². The fourth-order valence-electron chi connectivity index (χ4n) is 0.628. The number of carboxylic acid groups (broad SMARTS) is 1. The number of nitrogens with one attached hydrogen (secondary N) is 1. The number of unbranched alkanes of at least 4 members (excludes halogenated alkanes) is 1. The van der Waals surface area contributed by atoms with Crippen molar-refractivity contribution in [3.63, 3.8) is 0 Å². The highest BCUT2D eigenvalue weighted by atomic mass is 16.4. The van der Waals surface area contributed by atoms with Crippen LogP contribution in [0.3, 0.4) is 0 Å². The second-order valence-corrected chi connectivity index (χ2v) is 2.41. The Balaban J connectivity index is 3.17. The van der Waals surface area contributed by atoms with Crippen LogP contribution in [0.25, 0.3) is 0 Å². The second kappa shape index (κ2) is 6.12. The topological polar surface area (TPSA) is 69.6 Å². The summed E-state index contributed by atoms with van der Waals surface area (Å²) in [4.78, 5) is 10.1. The summed E-state index contributed by atoms with van der Waals surface area (Å²) < 4.78 is 0.